The van der Waals surface area contributed by atoms with Crippen molar-refractivity contribution in [2.45, 2.75) is 20.3 Å². The van der Waals surface area contributed by atoms with E-state index in [1.807, 2.05) is 56.3 Å². The number of methoxy groups -OCH3 is 1. The Labute approximate surface area is 199 Å². The lowest BCUT2D eigenvalue weighted by molar-refractivity contribution is 0.0988. The molecule has 6 nitrogen and oxygen atoms in total. The molecule has 0 unspecified atom stereocenters. The molecule has 6 heteroatoms. The molecule has 0 spiro atoms. The molecule has 0 bridgehead atoms. The summed E-state index contributed by atoms with van der Waals surface area (Å²) in [7, 11) is 1.59. The van der Waals surface area contributed by atoms with Gasteiger partial charge in [-0.15, -0.1) is 0 Å². The van der Waals surface area contributed by atoms with Crippen LogP contribution in [0.15, 0.2) is 83.8 Å². The number of anilines is 1. The number of amides is 1. The molecule has 4 aromatic rings. The quantitative estimate of drug-likeness (QED) is 0.354. The van der Waals surface area contributed by atoms with Crippen molar-refractivity contribution in [3.05, 3.63) is 94.9 Å². The third-order valence-electron chi connectivity index (χ3n) is 5.66. The first kappa shape index (κ1) is 23.1. The molecule has 1 aromatic heterocycles. The van der Waals surface area contributed by atoms with Gasteiger partial charge in [-0.3, -0.25) is 14.2 Å². The molecule has 0 aliphatic heterocycles. The summed E-state index contributed by atoms with van der Waals surface area (Å²) < 4.78 is 12.3. The Hall–Kier alpha value is -4.06. The van der Waals surface area contributed by atoms with Crippen LogP contribution in [-0.2, 0) is 0 Å². The minimum absolute atomic E-state index is 0.163. The number of ether oxygens (including phenoxy) is 2. The van der Waals surface area contributed by atoms with Crippen molar-refractivity contribution in [1.29, 1.82) is 0 Å². The van der Waals surface area contributed by atoms with Crippen molar-refractivity contribution in [3.63, 3.8) is 0 Å². The van der Waals surface area contributed by atoms with Crippen molar-refractivity contribution >= 4 is 22.4 Å². The summed E-state index contributed by atoms with van der Waals surface area (Å²) in [6, 6.07) is 21.9. The second-order valence-electron chi connectivity index (χ2n) is 7.85. The highest BCUT2D eigenvalue weighted by atomic mass is 16.5. The Morgan fingerprint density at radius 1 is 0.882 bits per heavy atom. The fourth-order valence-electron chi connectivity index (χ4n) is 4.00. The van der Waals surface area contributed by atoms with E-state index >= 15 is 0 Å². The molecule has 0 aliphatic carbocycles. The van der Waals surface area contributed by atoms with Crippen LogP contribution >= 0.6 is 0 Å². The standard InChI is InChI=1S/C28H28N2O4/c1-4-18-29(20-12-16-23(17-13-20)34-5-2)28(32)26-19-30(21-10-14-22(33-3)15-11-21)27(31)25-9-7-6-8-24(25)26/h6-17,19H,4-5,18H2,1-3H3. The second kappa shape index (κ2) is 10.3. The highest BCUT2D eigenvalue weighted by molar-refractivity contribution is 6.13. The summed E-state index contributed by atoms with van der Waals surface area (Å²) in [6.45, 7) is 5.09. The molecule has 0 saturated carbocycles. The summed E-state index contributed by atoms with van der Waals surface area (Å²) in [4.78, 5) is 29.0. The SMILES string of the molecule is CCCN(C(=O)c1cn(-c2ccc(OC)cc2)c(=O)c2ccccc12)c1ccc(OCC)cc1. The third-order valence-corrected chi connectivity index (χ3v) is 5.66. The Kier molecular flexibility index (Phi) is 6.97. The van der Waals surface area contributed by atoms with Gasteiger partial charge in [-0.2, -0.15) is 0 Å². The molecule has 4 rings (SSSR count). The third kappa shape index (κ3) is 4.53. The molecular formula is C28H28N2O4. The molecule has 0 aliphatic rings. The Balaban J connectivity index is 1.84. The first-order chi connectivity index (χ1) is 16.6. The van der Waals surface area contributed by atoms with Crippen molar-refractivity contribution < 1.29 is 14.3 Å². The van der Waals surface area contributed by atoms with E-state index in [9.17, 15) is 9.59 Å². The lowest BCUT2D eigenvalue weighted by Crippen LogP contribution is -2.33. The monoisotopic (exact) mass is 456 g/mol. The maximum Gasteiger partial charge on any atom is 0.262 e. The molecule has 3 aromatic carbocycles. The van der Waals surface area contributed by atoms with E-state index in [1.165, 1.54) is 4.57 Å². The molecule has 0 saturated heterocycles. The summed E-state index contributed by atoms with van der Waals surface area (Å²) in [5.41, 5.74) is 1.73. The molecule has 0 N–H and O–H groups in total. The lowest BCUT2D eigenvalue weighted by atomic mass is 10.1. The number of rotatable bonds is 8. The summed E-state index contributed by atoms with van der Waals surface area (Å²) in [5, 5.41) is 1.13. The van der Waals surface area contributed by atoms with Crippen molar-refractivity contribution in [2.75, 3.05) is 25.2 Å². The van der Waals surface area contributed by atoms with Crippen LogP contribution in [0.5, 0.6) is 11.5 Å². The van der Waals surface area contributed by atoms with Gasteiger partial charge in [0.2, 0.25) is 0 Å². The average Bonchev–Trinajstić information content (AvgIpc) is 2.88. The second-order valence-corrected chi connectivity index (χ2v) is 7.85. The molecular weight excluding hydrogens is 428 g/mol. The van der Waals surface area contributed by atoms with Gasteiger partial charge in [-0.1, -0.05) is 25.1 Å². The van der Waals surface area contributed by atoms with Gasteiger partial charge in [-0.05, 0) is 67.9 Å². The lowest BCUT2D eigenvalue weighted by Gasteiger charge is -2.24. The number of fused-ring (bicyclic) bond motifs is 1. The van der Waals surface area contributed by atoms with Gasteiger partial charge < -0.3 is 14.4 Å². The molecule has 1 heterocycles. The average molecular weight is 457 g/mol. The van der Waals surface area contributed by atoms with Crippen molar-refractivity contribution in [1.82, 2.24) is 4.57 Å². The maximum absolute atomic E-state index is 13.9. The van der Waals surface area contributed by atoms with Gasteiger partial charge in [0.05, 0.1) is 19.3 Å². The molecule has 1 amide bonds. The molecule has 174 valence electrons. The van der Waals surface area contributed by atoms with E-state index in [0.717, 1.165) is 17.9 Å². The van der Waals surface area contributed by atoms with Gasteiger partial charge in [0.25, 0.3) is 11.5 Å². The molecule has 0 atom stereocenters. The number of carbonyl (C=O) groups excluding carboxylic acids is 1. The molecule has 0 fully saturated rings. The summed E-state index contributed by atoms with van der Waals surface area (Å²) in [5.74, 6) is 1.29. The van der Waals surface area contributed by atoms with Crippen LogP contribution in [0, 0.1) is 0 Å². The first-order valence-corrected chi connectivity index (χ1v) is 11.4. The van der Waals surface area contributed by atoms with E-state index in [2.05, 4.69) is 0 Å². The fraction of sp³-hybridized carbons (Fsp3) is 0.214. The van der Waals surface area contributed by atoms with Crippen molar-refractivity contribution in [2.24, 2.45) is 0 Å². The Morgan fingerprint density at radius 3 is 2.15 bits per heavy atom. The number of aromatic nitrogens is 1. The minimum atomic E-state index is -0.180. The van der Waals surface area contributed by atoms with Crippen LogP contribution in [0.3, 0.4) is 0 Å². The number of nitrogens with zero attached hydrogens (tertiary/aromatic N) is 2. The van der Waals surface area contributed by atoms with Crippen LogP contribution in [-0.4, -0.2) is 30.7 Å². The topological polar surface area (TPSA) is 60.8 Å². The number of benzene rings is 3. The van der Waals surface area contributed by atoms with Crippen LogP contribution in [0.1, 0.15) is 30.6 Å². The van der Waals surface area contributed by atoms with Gasteiger partial charge >= 0.3 is 0 Å². The van der Waals surface area contributed by atoms with Crippen LogP contribution in [0.4, 0.5) is 5.69 Å². The van der Waals surface area contributed by atoms with Crippen LogP contribution in [0.2, 0.25) is 0 Å². The zero-order chi connectivity index (χ0) is 24.1. The van der Waals surface area contributed by atoms with Crippen LogP contribution < -0.4 is 19.9 Å². The first-order valence-electron chi connectivity index (χ1n) is 11.4. The van der Waals surface area contributed by atoms with Crippen LogP contribution in [0.25, 0.3) is 16.5 Å². The smallest absolute Gasteiger partial charge is 0.262 e. The predicted molar refractivity (Wildman–Crippen MR) is 136 cm³/mol. The highest BCUT2D eigenvalue weighted by Gasteiger charge is 2.22. The van der Waals surface area contributed by atoms with E-state index < -0.39 is 0 Å². The van der Waals surface area contributed by atoms with Gasteiger partial charge in [0, 0.05) is 34.9 Å². The number of carbonyl (C=O) groups is 1. The van der Waals surface area contributed by atoms with E-state index in [1.54, 1.807) is 48.5 Å². The summed E-state index contributed by atoms with van der Waals surface area (Å²) in [6.07, 6.45) is 2.43. The largest absolute Gasteiger partial charge is 0.497 e. The predicted octanol–water partition coefficient (Wildman–Crippen LogP) is 5.45. The number of hydrogen-bond acceptors (Lipinski definition) is 4. The minimum Gasteiger partial charge on any atom is -0.497 e. The van der Waals surface area contributed by atoms with E-state index in [0.29, 0.717) is 40.9 Å². The zero-order valence-corrected chi connectivity index (χ0v) is 19.7. The Morgan fingerprint density at radius 2 is 1.53 bits per heavy atom. The normalized spacial score (nSPS) is 10.8. The summed E-state index contributed by atoms with van der Waals surface area (Å²) >= 11 is 0. The fourth-order valence-corrected chi connectivity index (χ4v) is 4.00. The highest BCUT2D eigenvalue weighted by Crippen LogP contribution is 2.25. The Bertz CT molecular complexity index is 1340. The molecule has 0 radical (unpaired) electrons. The van der Waals surface area contributed by atoms with E-state index in [4.69, 9.17) is 9.47 Å². The van der Waals surface area contributed by atoms with E-state index in [-0.39, 0.29) is 11.5 Å². The zero-order valence-electron chi connectivity index (χ0n) is 19.7. The van der Waals surface area contributed by atoms with Gasteiger partial charge in [-0.25, -0.2) is 0 Å². The number of hydrogen-bond donors (Lipinski definition) is 0. The maximum atomic E-state index is 13.9. The van der Waals surface area contributed by atoms with Gasteiger partial charge in [0.1, 0.15) is 11.5 Å². The van der Waals surface area contributed by atoms with Gasteiger partial charge in [0.15, 0.2) is 0 Å². The van der Waals surface area contributed by atoms with Crippen molar-refractivity contribution in [3.8, 4) is 17.2 Å². The number of pyridine rings is 1. The molecule has 34 heavy (non-hydrogen) atoms.